The molecule has 1 saturated heterocycles. The van der Waals surface area contributed by atoms with Gasteiger partial charge in [0.1, 0.15) is 0 Å². The second-order valence-electron chi connectivity index (χ2n) is 3.96. The molecule has 0 aromatic heterocycles. The summed E-state index contributed by atoms with van der Waals surface area (Å²) in [5.74, 6) is -1.41. The first-order valence-corrected chi connectivity index (χ1v) is 6.89. The Morgan fingerprint density at radius 1 is 1.65 bits per heavy atom. The molecule has 0 radical (unpaired) electrons. The number of ether oxygens (including phenoxy) is 2. The minimum atomic E-state index is -3.64. The van der Waals surface area contributed by atoms with Gasteiger partial charge < -0.3 is 15.2 Å². The van der Waals surface area contributed by atoms with E-state index >= 15 is 0 Å². The maximum absolute atomic E-state index is 11.9. The summed E-state index contributed by atoms with van der Waals surface area (Å²) in [4.78, 5) is 11.0. The lowest BCUT2D eigenvalue weighted by atomic mass is 10.2. The molecule has 0 aromatic carbocycles. The summed E-state index contributed by atoms with van der Waals surface area (Å²) in [5.41, 5.74) is 5.66. The van der Waals surface area contributed by atoms with Gasteiger partial charge in [0.25, 0.3) is 0 Å². The Hall–Kier alpha value is -0.700. The van der Waals surface area contributed by atoms with Crippen LogP contribution >= 0.6 is 0 Å². The highest BCUT2D eigenvalue weighted by molar-refractivity contribution is 7.89. The van der Waals surface area contributed by atoms with Crippen molar-refractivity contribution in [3.05, 3.63) is 0 Å². The topological polar surface area (TPSA) is 98.9 Å². The van der Waals surface area contributed by atoms with Gasteiger partial charge in [0.15, 0.2) is 5.75 Å². The SMILES string of the molecule is COC(=O)CS(=O)(=O)N1CCOC(C(C)N)C1. The van der Waals surface area contributed by atoms with Gasteiger partial charge in [0.2, 0.25) is 10.0 Å². The Labute approximate surface area is 101 Å². The van der Waals surface area contributed by atoms with Gasteiger partial charge in [0, 0.05) is 19.1 Å². The number of nitrogens with two attached hydrogens (primary N) is 1. The van der Waals surface area contributed by atoms with Crippen LogP contribution in [-0.2, 0) is 24.3 Å². The van der Waals surface area contributed by atoms with Gasteiger partial charge in [-0.2, -0.15) is 4.31 Å². The summed E-state index contributed by atoms with van der Waals surface area (Å²) in [6.07, 6.45) is -0.337. The Kier molecular flexibility index (Phi) is 4.87. The van der Waals surface area contributed by atoms with Crippen LogP contribution in [0.2, 0.25) is 0 Å². The summed E-state index contributed by atoms with van der Waals surface area (Å²) in [5, 5.41) is 0. The lowest BCUT2D eigenvalue weighted by Gasteiger charge is -2.33. The molecule has 7 nitrogen and oxygen atoms in total. The molecule has 1 rings (SSSR count). The van der Waals surface area contributed by atoms with Gasteiger partial charge in [-0.15, -0.1) is 0 Å². The van der Waals surface area contributed by atoms with Crippen LogP contribution < -0.4 is 5.73 Å². The van der Waals surface area contributed by atoms with Gasteiger partial charge in [-0.1, -0.05) is 0 Å². The average molecular weight is 266 g/mol. The lowest BCUT2D eigenvalue weighted by Crippen LogP contribution is -2.52. The smallest absolute Gasteiger partial charge is 0.322 e. The third-order valence-electron chi connectivity index (χ3n) is 2.56. The Morgan fingerprint density at radius 3 is 2.82 bits per heavy atom. The second-order valence-corrected chi connectivity index (χ2v) is 5.93. The molecular formula is C9H18N2O5S. The minimum Gasteiger partial charge on any atom is -0.468 e. The number of carbonyl (C=O) groups excluding carboxylic acids is 1. The highest BCUT2D eigenvalue weighted by atomic mass is 32.2. The summed E-state index contributed by atoms with van der Waals surface area (Å²) in [6.45, 7) is 2.45. The van der Waals surface area contributed by atoms with E-state index in [0.29, 0.717) is 0 Å². The quantitative estimate of drug-likeness (QED) is 0.624. The minimum absolute atomic E-state index is 0.178. The van der Waals surface area contributed by atoms with E-state index in [1.165, 1.54) is 4.31 Å². The van der Waals surface area contributed by atoms with E-state index < -0.39 is 21.7 Å². The maximum Gasteiger partial charge on any atom is 0.322 e. The summed E-state index contributed by atoms with van der Waals surface area (Å²) in [6, 6.07) is -0.258. The van der Waals surface area contributed by atoms with Crippen LogP contribution in [0.5, 0.6) is 0 Å². The first-order valence-electron chi connectivity index (χ1n) is 5.28. The molecule has 100 valence electrons. The predicted molar refractivity (Wildman–Crippen MR) is 60.8 cm³/mol. The van der Waals surface area contributed by atoms with E-state index in [4.69, 9.17) is 10.5 Å². The van der Waals surface area contributed by atoms with Crippen molar-refractivity contribution in [1.82, 2.24) is 4.31 Å². The van der Waals surface area contributed by atoms with Gasteiger partial charge >= 0.3 is 5.97 Å². The molecule has 1 aliphatic rings. The van der Waals surface area contributed by atoms with E-state index in [1.807, 2.05) is 0 Å². The fourth-order valence-electron chi connectivity index (χ4n) is 1.52. The molecule has 17 heavy (non-hydrogen) atoms. The van der Waals surface area contributed by atoms with Crippen molar-refractivity contribution < 1.29 is 22.7 Å². The van der Waals surface area contributed by atoms with Crippen LogP contribution in [0.15, 0.2) is 0 Å². The molecule has 0 saturated carbocycles. The zero-order valence-electron chi connectivity index (χ0n) is 9.96. The molecule has 0 spiro atoms. The van der Waals surface area contributed by atoms with E-state index in [0.717, 1.165) is 7.11 Å². The molecule has 2 atom stereocenters. The Bertz CT molecular complexity index is 368. The molecule has 1 heterocycles. The first kappa shape index (κ1) is 14.4. The molecule has 0 aliphatic carbocycles. The summed E-state index contributed by atoms with van der Waals surface area (Å²) >= 11 is 0. The fourth-order valence-corrected chi connectivity index (χ4v) is 2.85. The molecule has 2 N–H and O–H groups in total. The number of esters is 1. The lowest BCUT2D eigenvalue weighted by molar-refractivity contribution is -0.137. The van der Waals surface area contributed by atoms with Crippen LogP contribution in [0.1, 0.15) is 6.92 Å². The van der Waals surface area contributed by atoms with Gasteiger partial charge in [-0.25, -0.2) is 8.42 Å². The van der Waals surface area contributed by atoms with Crippen molar-refractivity contribution >= 4 is 16.0 Å². The Balaban J connectivity index is 2.68. The van der Waals surface area contributed by atoms with Crippen molar-refractivity contribution in [1.29, 1.82) is 0 Å². The van der Waals surface area contributed by atoms with Crippen LogP contribution in [-0.4, -0.2) is 63.4 Å². The monoisotopic (exact) mass is 266 g/mol. The molecule has 0 aromatic rings. The van der Waals surface area contributed by atoms with Crippen LogP contribution in [0.3, 0.4) is 0 Å². The van der Waals surface area contributed by atoms with Crippen LogP contribution in [0, 0.1) is 0 Å². The predicted octanol–water partition coefficient (Wildman–Crippen LogP) is -1.46. The number of sulfonamides is 1. The molecular weight excluding hydrogens is 248 g/mol. The van der Waals surface area contributed by atoms with Crippen LogP contribution in [0.4, 0.5) is 0 Å². The summed E-state index contributed by atoms with van der Waals surface area (Å²) in [7, 11) is -2.48. The fraction of sp³-hybridized carbons (Fsp3) is 0.889. The maximum atomic E-state index is 11.9. The third-order valence-corrected chi connectivity index (χ3v) is 4.28. The number of hydrogen-bond acceptors (Lipinski definition) is 6. The number of hydrogen-bond donors (Lipinski definition) is 1. The van der Waals surface area contributed by atoms with Gasteiger partial charge in [0.05, 0.1) is 19.8 Å². The first-order chi connectivity index (χ1) is 7.86. The number of nitrogens with zero attached hydrogens (tertiary/aromatic N) is 1. The molecule has 2 unspecified atom stereocenters. The number of methoxy groups -OCH3 is 1. The Morgan fingerprint density at radius 2 is 2.29 bits per heavy atom. The highest BCUT2D eigenvalue weighted by Gasteiger charge is 2.32. The number of rotatable bonds is 4. The highest BCUT2D eigenvalue weighted by Crippen LogP contribution is 2.12. The van der Waals surface area contributed by atoms with E-state index in [1.54, 1.807) is 6.92 Å². The molecule has 0 bridgehead atoms. The van der Waals surface area contributed by atoms with E-state index in [2.05, 4.69) is 4.74 Å². The molecule has 1 fully saturated rings. The third kappa shape index (κ3) is 3.91. The normalized spacial score (nSPS) is 24.3. The standard InChI is InChI=1S/C9H18N2O5S/c1-7(10)8-5-11(3-4-16-8)17(13,14)6-9(12)15-2/h7-8H,3-6,10H2,1-2H3. The van der Waals surface area contributed by atoms with Crippen molar-refractivity contribution in [3.63, 3.8) is 0 Å². The zero-order chi connectivity index (χ0) is 13.1. The van der Waals surface area contributed by atoms with E-state index in [-0.39, 0.29) is 31.8 Å². The van der Waals surface area contributed by atoms with E-state index in [9.17, 15) is 13.2 Å². The van der Waals surface area contributed by atoms with Crippen molar-refractivity contribution in [3.8, 4) is 0 Å². The van der Waals surface area contributed by atoms with Crippen LogP contribution in [0.25, 0.3) is 0 Å². The average Bonchev–Trinajstić information content (AvgIpc) is 2.28. The van der Waals surface area contributed by atoms with Gasteiger partial charge in [-0.3, -0.25) is 4.79 Å². The zero-order valence-corrected chi connectivity index (χ0v) is 10.8. The van der Waals surface area contributed by atoms with Crippen molar-refractivity contribution in [2.24, 2.45) is 5.73 Å². The van der Waals surface area contributed by atoms with Gasteiger partial charge in [-0.05, 0) is 6.92 Å². The summed E-state index contributed by atoms with van der Waals surface area (Å²) < 4.78 is 34.6. The molecule has 8 heteroatoms. The van der Waals surface area contributed by atoms with Crippen molar-refractivity contribution in [2.45, 2.75) is 19.1 Å². The van der Waals surface area contributed by atoms with Crippen molar-refractivity contribution in [2.75, 3.05) is 32.6 Å². The largest absolute Gasteiger partial charge is 0.468 e. The number of morpholine rings is 1. The number of carbonyl (C=O) groups is 1. The second kappa shape index (κ2) is 5.76. The molecule has 0 amide bonds. The molecule has 1 aliphatic heterocycles.